The van der Waals surface area contributed by atoms with E-state index >= 15 is 0 Å². The molecule has 0 aromatic heterocycles. The number of methoxy groups -OCH3 is 1. The summed E-state index contributed by atoms with van der Waals surface area (Å²) in [6, 6.07) is -0.861. The van der Waals surface area contributed by atoms with E-state index in [9.17, 15) is 4.79 Å². The first-order chi connectivity index (χ1) is 6.07. The second-order valence-electron chi connectivity index (χ2n) is 2.59. The number of ether oxygens (including phenoxy) is 1. The van der Waals surface area contributed by atoms with Gasteiger partial charge in [0.15, 0.2) is 0 Å². The summed E-state index contributed by atoms with van der Waals surface area (Å²) in [5.74, 6) is -0.279. The summed E-state index contributed by atoms with van der Waals surface area (Å²) in [5.41, 5.74) is 5.24. The average molecular weight is 209 g/mol. The number of aliphatic hydroxyl groups excluding tert-OH is 1. The van der Waals surface area contributed by atoms with Crippen LogP contribution in [0.5, 0.6) is 0 Å². The Morgan fingerprint density at radius 3 is 2.69 bits per heavy atom. The molecule has 0 fully saturated rings. The monoisotopic (exact) mass is 209 g/mol. The third-order valence-corrected chi connectivity index (χ3v) is 2.50. The Kier molecular flexibility index (Phi) is 6.97. The first kappa shape index (κ1) is 12.7. The lowest BCUT2D eigenvalue weighted by molar-refractivity contribution is -0.137. The highest BCUT2D eigenvalue weighted by Gasteiger charge is 2.12. The fourth-order valence-electron chi connectivity index (χ4n) is 0.643. The molecular weight excluding hydrogens is 194 g/mol. The van der Waals surface area contributed by atoms with E-state index < -0.39 is 18.1 Å². The van der Waals surface area contributed by atoms with Gasteiger partial charge in [-0.1, -0.05) is 0 Å². The molecule has 0 aliphatic rings. The van der Waals surface area contributed by atoms with E-state index in [4.69, 9.17) is 20.7 Å². The number of thioether (sulfide) groups is 1. The van der Waals surface area contributed by atoms with Gasteiger partial charge < -0.3 is 20.7 Å². The van der Waals surface area contributed by atoms with Gasteiger partial charge in [0, 0.05) is 18.6 Å². The smallest absolute Gasteiger partial charge is 0.321 e. The van der Waals surface area contributed by atoms with E-state index in [1.54, 1.807) is 0 Å². The van der Waals surface area contributed by atoms with E-state index in [-0.39, 0.29) is 6.61 Å². The number of carboxylic acids is 1. The molecule has 0 amide bonds. The van der Waals surface area contributed by atoms with Crippen LogP contribution in [0.1, 0.15) is 0 Å². The number of aliphatic hydroxyl groups is 1. The minimum atomic E-state index is -1.02. The van der Waals surface area contributed by atoms with Gasteiger partial charge in [-0.15, -0.1) is 0 Å². The van der Waals surface area contributed by atoms with Crippen molar-refractivity contribution >= 4 is 17.7 Å². The zero-order chi connectivity index (χ0) is 10.3. The molecule has 0 aromatic rings. The first-order valence-corrected chi connectivity index (χ1v) is 4.96. The van der Waals surface area contributed by atoms with Gasteiger partial charge >= 0.3 is 5.97 Å². The third-order valence-electron chi connectivity index (χ3n) is 1.28. The van der Waals surface area contributed by atoms with Gasteiger partial charge in [0.1, 0.15) is 6.04 Å². The summed E-state index contributed by atoms with van der Waals surface area (Å²) in [7, 11) is 1.50. The highest BCUT2D eigenvalue weighted by molar-refractivity contribution is 7.99. The van der Waals surface area contributed by atoms with Crippen molar-refractivity contribution in [3.63, 3.8) is 0 Å². The zero-order valence-corrected chi connectivity index (χ0v) is 8.29. The van der Waals surface area contributed by atoms with Crippen LogP contribution in [0.15, 0.2) is 0 Å². The first-order valence-electron chi connectivity index (χ1n) is 3.81. The molecular formula is C7H15NO4S. The standard InChI is InChI=1S/C7H15NO4S/c1-12-2-5(9)3-13-4-6(8)7(10)11/h5-6,9H,2-4,8H2,1H3,(H,10,11)/t5?,6-/m0/s1. The van der Waals surface area contributed by atoms with Gasteiger partial charge in [-0.25, -0.2) is 0 Å². The summed E-state index contributed by atoms with van der Waals surface area (Å²) in [5, 5.41) is 17.6. The molecule has 1 unspecified atom stereocenters. The Morgan fingerprint density at radius 2 is 2.23 bits per heavy atom. The fourth-order valence-corrected chi connectivity index (χ4v) is 1.54. The van der Waals surface area contributed by atoms with Gasteiger partial charge in [-0.3, -0.25) is 4.79 Å². The molecule has 0 bridgehead atoms. The van der Waals surface area contributed by atoms with Crippen LogP contribution in [0.25, 0.3) is 0 Å². The van der Waals surface area contributed by atoms with Gasteiger partial charge in [-0.05, 0) is 0 Å². The van der Waals surface area contributed by atoms with Crippen molar-refractivity contribution in [3.05, 3.63) is 0 Å². The Labute approximate surface area is 81.3 Å². The summed E-state index contributed by atoms with van der Waals surface area (Å²) in [6.45, 7) is 0.259. The summed E-state index contributed by atoms with van der Waals surface area (Å²) < 4.78 is 4.70. The number of hydrogen-bond donors (Lipinski definition) is 3. The van der Waals surface area contributed by atoms with Crippen LogP contribution in [0, 0.1) is 0 Å². The number of rotatable bonds is 7. The van der Waals surface area contributed by atoms with E-state index in [1.807, 2.05) is 0 Å². The van der Waals surface area contributed by atoms with Crippen LogP contribution in [-0.2, 0) is 9.53 Å². The maximum absolute atomic E-state index is 10.3. The minimum absolute atomic E-state index is 0.259. The van der Waals surface area contributed by atoms with Crippen molar-refractivity contribution in [1.82, 2.24) is 0 Å². The van der Waals surface area contributed by atoms with Crippen LogP contribution in [0.4, 0.5) is 0 Å². The van der Waals surface area contributed by atoms with Crippen molar-refractivity contribution in [2.45, 2.75) is 12.1 Å². The predicted molar refractivity (Wildman–Crippen MR) is 50.8 cm³/mol. The normalized spacial score (nSPS) is 15.3. The molecule has 0 heterocycles. The lowest BCUT2D eigenvalue weighted by Gasteiger charge is -2.10. The lowest BCUT2D eigenvalue weighted by atomic mass is 10.4. The molecule has 4 N–H and O–H groups in total. The van der Waals surface area contributed by atoms with Gasteiger partial charge in [0.05, 0.1) is 12.7 Å². The maximum Gasteiger partial charge on any atom is 0.321 e. The Morgan fingerprint density at radius 1 is 1.62 bits per heavy atom. The van der Waals surface area contributed by atoms with Crippen molar-refractivity contribution in [1.29, 1.82) is 0 Å². The second kappa shape index (κ2) is 7.14. The summed E-state index contributed by atoms with van der Waals surface area (Å²) >= 11 is 1.30. The topological polar surface area (TPSA) is 92.8 Å². The predicted octanol–water partition coefficient (Wildman–Crippen LogP) is -0.861. The molecule has 0 saturated heterocycles. The van der Waals surface area contributed by atoms with E-state index in [2.05, 4.69) is 0 Å². The Bertz CT molecular complexity index is 155. The highest BCUT2D eigenvalue weighted by Crippen LogP contribution is 2.04. The number of aliphatic carboxylic acids is 1. The molecule has 0 spiro atoms. The molecule has 78 valence electrons. The summed E-state index contributed by atoms with van der Waals surface area (Å²) in [6.07, 6.45) is -0.559. The number of hydrogen-bond acceptors (Lipinski definition) is 5. The number of nitrogens with two attached hydrogens (primary N) is 1. The third kappa shape index (κ3) is 6.83. The molecule has 0 radical (unpaired) electrons. The zero-order valence-electron chi connectivity index (χ0n) is 7.47. The molecule has 13 heavy (non-hydrogen) atoms. The molecule has 0 aliphatic carbocycles. The fraction of sp³-hybridized carbons (Fsp3) is 0.857. The van der Waals surface area contributed by atoms with E-state index in [0.717, 1.165) is 0 Å². The molecule has 5 nitrogen and oxygen atoms in total. The van der Waals surface area contributed by atoms with Gasteiger partial charge in [-0.2, -0.15) is 11.8 Å². The lowest BCUT2D eigenvalue weighted by Crippen LogP contribution is -2.33. The number of carbonyl (C=O) groups is 1. The van der Waals surface area contributed by atoms with E-state index in [1.165, 1.54) is 18.9 Å². The van der Waals surface area contributed by atoms with Crippen molar-refractivity contribution in [3.8, 4) is 0 Å². The van der Waals surface area contributed by atoms with Crippen LogP contribution >= 0.6 is 11.8 Å². The minimum Gasteiger partial charge on any atom is -0.480 e. The summed E-state index contributed by atoms with van der Waals surface area (Å²) in [4.78, 5) is 10.3. The molecule has 0 rings (SSSR count). The Balaban J connectivity index is 3.39. The van der Waals surface area contributed by atoms with Crippen LogP contribution in [0.3, 0.4) is 0 Å². The van der Waals surface area contributed by atoms with Crippen molar-refractivity contribution in [2.75, 3.05) is 25.2 Å². The number of carboxylic acid groups (broad SMARTS) is 1. The highest BCUT2D eigenvalue weighted by atomic mass is 32.2. The molecule has 0 aromatic carbocycles. The quantitative estimate of drug-likeness (QED) is 0.505. The Hall–Kier alpha value is -0.300. The van der Waals surface area contributed by atoms with Gasteiger partial charge in [0.25, 0.3) is 0 Å². The van der Waals surface area contributed by atoms with Crippen molar-refractivity contribution < 1.29 is 19.7 Å². The van der Waals surface area contributed by atoms with Crippen LogP contribution < -0.4 is 5.73 Å². The van der Waals surface area contributed by atoms with Gasteiger partial charge in [0.2, 0.25) is 0 Å². The van der Waals surface area contributed by atoms with Crippen molar-refractivity contribution in [2.24, 2.45) is 5.73 Å². The van der Waals surface area contributed by atoms with Crippen LogP contribution in [-0.4, -0.2) is 53.6 Å². The van der Waals surface area contributed by atoms with Crippen LogP contribution in [0.2, 0.25) is 0 Å². The second-order valence-corrected chi connectivity index (χ2v) is 3.67. The molecule has 6 heteroatoms. The maximum atomic E-state index is 10.3. The average Bonchev–Trinajstić information content (AvgIpc) is 2.04. The SMILES string of the molecule is COCC(O)CSC[C@H](N)C(=O)O. The largest absolute Gasteiger partial charge is 0.480 e. The van der Waals surface area contributed by atoms with E-state index in [0.29, 0.717) is 11.5 Å². The molecule has 0 aliphatic heterocycles. The molecule has 2 atom stereocenters. The molecule has 0 saturated carbocycles.